The third-order valence-corrected chi connectivity index (χ3v) is 7.02. The van der Waals surface area contributed by atoms with Gasteiger partial charge in [0.25, 0.3) is 5.91 Å². The van der Waals surface area contributed by atoms with Gasteiger partial charge in [0.2, 0.25) is 5.91 Å². The number of carbonyl (C=O) groups excluding carboxylic acids is 2. The summed E-state index contributed by atoms with van der Waals surface area (Å²) in [4.78, 5) is 29.8. The number of ether oxygens (including phenoxy) is 1. The first-order valence-corrected chi connectivity index (χ1v) is 11.4. The molecule has 1 aromatic heterocycles. The zero-order chi connectivity index (χ0) is 23.0. The maximum Gasteiger partial charge on any atom is 0.251 e. The van der Waals surface area contributed by atoms with E-state index in [-0.39, 0.29) is 17.6 Å². The van der Waals surface area contributed by atoms with Gasteiger partial charge < -0.3 is 14.6 Å². The van der Waals surface area contributed by atoms with E-state index in [0.717, 1.165) is 35.3 Å². The lowest BCUT2D eigenvalue weighted by molar-refractivity contribution is -0.134. The van der Waals surface area contributed by atoms with E-state index >= 15 is 0 Å². The van der Waals surface area contributed by atoms with Gasteiger partial charge in [-0.15, -0.1) is 0 Å². The summed E-state index contributed by atoms with van der Waals surface area (Å²) < 4.78 is 8.08. The van der Waals surface area contributed by atoms with Crippen molar-refractivity contribution in [1.82, 2.24) is 20.3 Å². The largest absolute Gasteiger partial charge is 0.375 e. The molecule has 1 saturated carbocycles. The zero-order valence-electron chi connectivity index (χ0n) is 18.6. The van der Waals surface area contributed by atoms with E-state index in [1.54, 1.807) is 17.6 Å². The molecule has 8 heteroatoms. The molecule has 2 aromatic carbocycles. The molecule has 2 fully saturated rings. The van der Waals surface area contributed by atoms with Crippen LogP contribution >= 0.6 is 0 Å². The van der Waals surface area contributed by atoms with Crippen molar-refractivity contribution in [3.63, 3.8) is 0 Å². The number of aromatic nitrogens is 2. The molecule has 1 spiro atoms. The number of imidazole rings is 1. The summed E-state index contributed by atoms with van der Waals surface area (Å²) in [5, 5.41) is 12.2. The van der Waals surface area contributed by atoms with E-state index in [9.17, 15) is 9.59 Å². The molecule has 0 radical (unpaired) electrons. The Morgan fingerprint density at radius 3 is 2.70 bits per heavy atom. The lowest BCUT2D eigenvalue weighted by atomic mass is 9.96. The lowest BCUT2D eigenvalue weighted by Crippen LogP contribution is -2.43. The Labute approximate surface area is 191 Å². The molecule has 2 heterocycles. The van der Waals surface area contributed by atoms with Crippen LogP contribution in [-0.4, -0.2) is 44.8 Å². The average molecular weight is 449 g/mol. The highest BCUT2D eigenvalue weighted by Crippen LogP contribution is 2.44. The van der Waals surface area contributed by atoms with Crippen molar-refractivity contribution in [1.29, 1.82) is 0 Å². The van der Waals surface area contributed by atoms with Crippen molar-refractivity contribution in [3.8, 4) is 0 Å². The molecule has 1 aliphatic heterocycles. The van der Waals surface area contributed by atoms with E-state index in [1.165, 1.54) is 0 Å². The molecule has 8 nitrogen and oxygen atoms in total. The highest BCUT2D eigenvalue weighted by Gasteiger charge is 2.51. The Morgan fingerprint density at radius 2 is 1.97 bits per heavy atom. The molecular weight excluding hydrogens is 420 g/mol. The van der Waals surface area contributed by atoms with Crippen molar-refractivity contribution in [3.05, 3.63) is 65.5 Å². The second-order valence-electron chi connectivity index (χ2n) is 9.14. The first-order valence-electron chi connectivity index (χ1n) is 11.4. The number of carbonyl (C=O) groups is 2. The summed E-state index contributed by atoms with van der Waals surface area (Å²) in [5.41, 5.74) is 5.00. The van der Waals surface area contributed by atoms with E-state index in [2.05, 4.69) is 20.9 Å². The summed E-state index contributed by atoms with van der Waals surface area (Å²) in [5.74, 6) is -0.295. The molecule has 5 rings (SSSR count). The highest BCUT2D eigenvalue weighted by atomic mass is 16.5. The number of aryl methyl sites for hydroxylation is 1. The monoisotopic (exact) mass is 448 g/mol. The van der Waals surface area contributed by atoms with Crippen LogP contribution in [0.25, 0.3) is 11.0 Å². The Kier molecular flexibility index (Phi) is 5.64. The Balaban J connectivity index is 1.29. The van der Waals surface area contributed by atoms with Gasteiger partial charge in [-0.3, -0.25) is 14.8 Å². The van der Waals surface area contributed by atoms with Crippen molar-refractivity contribution in [2.24, 2.45) is 5.92 Å². The van der Waals surface area contributed by atoms with Gasteiger partial charge in [0.15, 0.2) is 0 Å². The SMILES string of the molecule is Cc1nc2ccccc2n1Cc1ccc(C(=O)N[C@@H]2C[C@@]3(CCCO3)C[C@@H]2C(=O)NO)cc1. The van der Waals surface area contributed by atoms with Crippen LogP contribution in [-0.2, 0) is 16.1 Å². The molecule has 0 unspecified atom stereocenters. The topological polar surface area (TPSA) is 105 Å². The van der Waals surface area contributed by atoms with E-state index < -0.39 is 11.8 Å². The van der Waals surface area contributed by atoms with Crippen molar-refractivity contribution >= 4 is 22.8 Å². The van der Waals surface area contributed by atoms with Gasteiger partial charge in [-0.2, -0.15) is 0 Å². The van der Waals surface area contributed by atoms with Crippen molar-refractivity contribution in [2.45, 2.75) is 50.8 Å². The number of hydrogen-bond donors (Lipinski definition) is 3. The molecular formula is C25H28N4O4. The summed E-state index contributed by atoms with van der Waals surface area (Å²) in [7, 11) is 0. The predicted molar refractivity (Wildman–Crippen MR) is 122 cm³/mol. The number of nitrogens with one attached hydrogen (secondary N) is 2. The number of nitrogens with zero attached hydrogens (tertiary/aromatic N) is 2. The molecule has 1 saturated heterocycles. The van der Waals surface area contributed by atoms with E-state index in [4.69, 9.17) is 9.94 Å². The Morgan fingerprint density at radius 1 is 1.18 bits per heavy atom. The van der Waals surface area contributed by atoms with Crippen LogP contribution in [0, 0.1) is 12.8 Å². The van der Waals surface area contributed by atoms with Gasteiger partial charge in [-0.1, -0.05) is 24.3 Å². The van der Waals surface area contributed by atoms with Gasteiger partial charge in [-0.25, -0.2) is 10.5 Å². The molecule has 2 aliphatic rings. The zero-order valence-corrected chi connectivity index (χ0v) is 18.6. The lowest BCUT2D eigenvalue weighted by Gasteiger charge is -2.22. The molecule has 3 aromatic rings. The molecule has 3 atom stereocenters. The first kappa shape index (κ1) is 21.6. The number of hydrogen-bond acceptors (Lipinski definition) is 5. The van der Waals surface area contributed by atoms with Gasteiger partial charge in [0.1, 0.15) is 5.82 Å². The fourth-order valence-corrected chi connectivity index (χ4v) is 5.35. The molecule has 1 aliphatic carbocycles. The van der Waals surface area contributed by atoms with Crippen LogP contribution in [0.15, 0.2) is 48.5 Å². The maximum atomic E-state index is 13.0. The van der Waals surface area contributed by atoms with Crippen LogP contribution in [0.2, 0.25) is 0 Å². The van der Waals surface area contributed by atoms with Crippen LogP contribution in [0.4, 0.5) is 0 Å². The van der Waals surface area contributed by atoms with Crippen molar-refractivity contribution in [2.75, 3.05) is 6.61 Å². The maximum absolute atomic E-state index is 13.0. The number of amides is 2. The minimum absolute atomic E-state index is 0.235. The van der Waals surface area contributed by atoms with Crippen LogP contribution in [0.5, 0.6) is 0 Å². The second kappa shape index (κ2) is 8.61. The first-order chi connectivity index (χ1) is 16.0. The van der Waals surface area contributed by atoms with Crippen LogP contribution in [0.3, 0.4) is 0 Å². The molecule has 172 valence electrons. The summed E-state index contributed by atoms with van der Waals surface area (Å²) in [6.07, 6.45) is 2.89. The molecule has 0 bridgehead atoms. The van der Waals surface area contributed by atoms with Gasteiger partial charge >= 0.3 is 0 Å². The van der Waals surface area contributed by atoms with Gasteiger partial charge in [0, 0.05) is 24.8 Å². The number of fused-ring (bicyclic) bond motifs is 1. The number of para-hydroxylation sites is 2. The minimum Gasteiger partial charge on any atom is -0.375 e. The number of hydroxylamine groups is 1. The fraction of sp³-hybridized carbons (Fsp3) is 0.400. The van der Waals surface area contributed by atoms with Crippen LogP contribution in [0.1, 0.15) is 47.4 Å². The van der Waals surface area contributed by atoms with Gasteiger partial charge in [-0.05, 0) is 62.4 Å². The fourth-order valence-electron chi connectivity index (χ4n) is 5.35. The summed E-state index contributed by atoms with van der Waals surface area (Å²) in [6, 6.07) is 15.1. The van der Waals surface area contributed by atoms with E-state index in [1.807, 2.05) is 37.3 Å². The second-order valence-corrected chi connectivity index (χ2v) is 9.14. The average Bonchev–Trinajstić information content (AvgIpc) is 3.52. The normalized spacial score (nSPS) is 24.4. The summed E-state index contributed by atoms with van der Waals surface area (Å²) >= 11 is 0. The van der Waals surface area contributed by atoms with Crippen LogP contribution < -0.4 is 10.8 Å². The third kappa shape index (κ3) is 4.12. The molecule has 2 amide bonds. The van der Waals surface area contributed by atoms with Gasteiger partial charge in [0.05, 0.1) is 22.6 Å². The Hall–Kier alpha value is -3.23. The third-order valence-electron chi connectivity index (χ3n) is 7.02. The molecule has 33 heavy (non-hydrogen) atoms. The minimum atomic E-state index is -0.520. The highest BCUT2D eigenvalue weighted by molar-refractivity contribution is 5.95. The molecule has 3 N–H and O–H groups in total. The smallest absolute Gasteiger partial charge is 0.251 e. The number of benzene rings is 2. The Bertz CT molecular complexity index is 1180. The quantitative estimate of drug-likeness (QED) is 0.411. The van der Waals surface area contributed by atoms with E-state index in [0.29, 0.717) is 31.6 Å². The van der Waals surface area contributed by atoms with Crippen molar-refractivity contribution < 1.29 is 19.5 Å². The summed E-state index contributed by atoms with van der Waals surface area (Å²) in [6.45, 7) is 3.32. The standard InChI is InChI=1S/C25H28N4O4/c1-16-26-20-5-2-3-6-22(20)29(16)15-17-7-9-18(10-8-17)23(30)27-21-14-25(11-4-12-33-25)13-19(21)24(31)28-32/h2-3,5-10,19,21,32H,4,11-15H2,1H3,(H,27,30)(H,28,31)/t19-,21+,25+/m0/s1. The number of rotatable bonds is 5. The predicted octanol–water partition coefficient (Wildman–Crippen LogP) is 2.96.